The number of phenolic OH excluding ortho intramolecular Hbond substituents is 1. The smallest absolute Gasteiger partial charge is 0.286 e. The first-order chi connectivity index (χ1) is 16.0. The Labute approximate surface area is 199 Å². The van der Waals surface area contributed by atoms with Crippen molar-refractivity contribution in [2.75, 3.05) is 26.3 Å². The van der Waals surface area contributed by atoms with Crippen LogP contribution < -0.4 is 0 Å². The number of aromatic hydroxyl groups is 1. The molecule has 5 nitrogen and oxygen atoms in total. The Balaban J connectivity index is 1.39. The summed E-state index contributed by atoms with van der Waals surface area (Å²) in [6.07, 6.45) is 7.85. The van der Waals surface area contributed by atoms with Crippen LogP contribution in [0.1, 0.15) is 50.2 Å². The molecular formula is C27H30N2O3S. The van der Waals surface area contributed by atoms with Gasteiger partial charge >= 0.3 is 0 Å². The van der Waals surface area contributed by atoms with Gasteiger partial charge in [0.05, 0.1) is 18.1 Å². The molecule has 0 radical (unpaired) electrons. The van der Waals surface area contributed by atoms with Crippen molar-refractivity contribution in [3.05, 3.63) is 58.5 Å². The average molecular weight is 463 g/mol. The van der Waals surface area contributed by atoms with Crippen molar-refractivity contribution in [1.29, 1.82) is 0 Å². The molecule has 1 aliphatic carbocycles. The number of hydrogen-bond donors (Lipinski definition) is 1. The van der Waals surface area contributed by atoms with Gasteiger partial charge in [-0.15, -0.1) is 0 Å². The maximum Gasteiger partial charge on any atom is 0.286 e. The monoisotopic (exact) mass is 462 g/mol. The normalized spacial score (nSPS) is 22.0. The van der Waals surface area contributed by atoms with Gasteiger partial charge in [-0.05, 0) is 71.0 Å². The van der Waals surface area contributed by atoms with Gasteiger partial charge in [0.15, 0.2) is 5.17 Å². The quantitative estimate of drug-likeness (QED) is 0.603. The van der Waals surface area contributed by atoms with E-state index in [-0.39, 0.29) is 11.3 Å². The van der Waals surface area contributed by atoms with E-state index in [0.29, 0.717) is 23.9 Å². The second kappa shape index (κ2) is 9.35. The molecule has 1 saturated carbocycles. The molecule has 0 aromatic heterocycles. The van der Waals surface area contributed by atoms with Gasteiger partial charge in [0.1, 0.15) is 5.75 Å². The summed E-state index contributed by atoms with van der Waals surface area (Å²) in [6.45, 7) is 5.15. The minimum absolute atomic E-state index is 0.0259. The van der Waals surface area contributed by atoms with Gasteiger partial charge in [-0.2, -0.15) is 4.99 Å². The van der Waals surface area contributed by atoms with Crippen molar-refractivity contribution in [2.24, 2.45) is 4.99 Å². The van der Waals surface area contributed by atoms with E-state index in [9.17, 15) is 9.90 Å². The fourth-order valence-corrected chi connectivity index (χ4v) is 6.01. The summed E-state index contributed by atoms with van der Waals surface area (Å²) >= 11 is 1.44. The van der Waals surface area contributed by atoms with Crippen molar-refractivity contribution in [3.63, 3.8) is 0 Å². The van der Waals surface area contributed by atoms with Crippen molar-refractivity contribution in [1.82, 2.24) is 4.90 Å². The van der Waals surface area contributed by atoms with Gasteiger partial charge in [-0.25, -0.2) is 0 Å². The second-order valence-corrected chi connectivity index (χ2v) is 10.4. The number of phenols is 1. The van der Waals surface area contributed by atoms with Crippen LogP contribution in [0.15, 0.2) is 52.4 Å². The third kappa shape index (κ3) is 4.73. The highest BCUT2D eigenvalue weighted by atomic mass is 32.2. The number of morpholine rings is 1. The summed E-state index contributed by atoms with van der Waals surface area (Å²) in [5.74, 6) is 0.214. The van der Waals surface area contributed by atoms with Crippen LogP contribution in [0.3, 0.4) is 0 Å². The lowest BCUT2D eigenvalue weighted by atomic mass is 9.70. The van der Waals surface area contributed by atoms with E-state index in [1.165, 1.54) is 31.0 Å². The third-order valence-electron chi connectivity index (χ3n) is 7.01. The molecule has 33 heavy (non-hydrogen) atoms. The highest BCUT2D eigenvalue weighted by Gasteiger charge is 2.31. The molecule has 2 aromatic rings. The lowest BCUT2D eigenvalue weighted by Crippen LogP contribution is -2.38. The second-order valence-electron chi connectivity index (χ2n) is 9.39. The molecule has 1 saturated heterocycles. The van der Waals surface area contributed by atoms with Crippen LogP contribution in [0.5, 0.6) is 5.75 Å². The van der Waals surface area contributed by atoms with Gasteiger partial charge in [0, 0.05) is 18.7 Å². The first-order valence-electron chi connectivity index (χ1n) is 11.8. The summed E-state index contributed by atoms with van der Waals surface area (Å²) in [5, 5.41) is 11.4. The molecule has 2 aliphatic heterocycles. The van der Waals surface area contributed by atoms with Gasteiger partial charge < -0.3 is 14.7 Å². The Kier molecular flexibility index (Phi) is 6.30. The van der Waals surface area contributed by atoms with Crippen LogP contribution in [-0.2, 0) is 14.9 Å². The van der Waals surface area contributed by atoms with E-state index in [1.54, 1.807) is 0 Å². The summed E-state index contributed by atoms with van der Waals surface area (Å²) in [4.78, 5) is 19.5. The Morgan fingerprint density at radius 3 is 2.61 bits per heavy atom. The summed E-state index contributed by atoms with van der Waals surface area (Å²) in [5.41, 5.74) is 4.21. The predicted molar refractivity (Wildman–Crippen MR) is 134 cm³/mol. The molecule has 2 heterocycles. The first kappa shape index (κ1) is 22.2. The maximum absolute atomic E-state index is 12.5. The number of aliphatic imine (C=N–C) groups is 1. The fourth-order valence-electron chi connectivity index (χ4n) is 5.05. The van der Waals surface area contributed by atoms with Gasteiger partial charge in [-0.3, -0.25) is 4.79 Å². The molecule has 2 aromatic carbocycles. The van der Waals surface area contributed by atoms with Crippen molar-refractivity contribution < 1.29 is 14.6 Å². The van der Waals surface area contributed by atoms with Crippen molar-refractivity contribution in [2.45, 2.75) is 44.4 Å². The third-order valence-corrected chi connectivity index (χ3v) is 8.06. The van der Waals surface area contributed by atoms with Crippen LogP contribution in [0.25, 0.3) is 17.2 Å². The molecule has 0 bridgehead atoms. The zero-order chi connectivity index (χ0) is 22.8. The summed E-state index contributed by atoms with van der Waals surface area (Å²) in [6, 6.07) is 14.2. The van der Waals surface area contributed by atoms with Crippen molar-refractivity contribution in [3.8, 4) is 16.9 Å². The zero-order valence-corrected chi connectivity index (χ0v) is 19.9. The predicted octanol–water partition coefficient (Wildman–Crippen LogP) is 5.58. The summed E-state index contributed by atoms with van der Waals surface area (Å²) in [7, 11) is 0. The van der Waals surface area contributed by atoms with Crippen molar-refractivity contribution >= 4 is 28.9 Å². The van der Waals surface area contributed by atoms with Crippen LogP contribution in [0.2, 0.25) is 0 Å². The topological polar surface area (TPSA) is 62.1 Å². The molecule has 1 amide bonds. The Hall–Kier alpha value is -2.57. The van der Waals surface area contributed by atoms with Crippen LogP contribution >= 0.6 is 11.8 Å². The number of thioether (sulfide) groups is 1. The van der Waals surface area contributed by atoms with E-state index in [4.69, 9.17) is 4.74 Å². The standard InChI is InChI=1S/C27H30N2O3S/c1-27(10-3-2-4-11-27)22-18-21(8-9-23(22)30)20-7-5-6-19(16-20)17-24-25(31)28-26(33-24)29-12-14-32-15-13-29/h5-9,16-18,30H,2-4,10-15H2,1H3/b24-17-. The van der Waals surface area contributed by atoms with E-state index in [0.717, 1.165) is 53.4 Å². The number of benzene rings is 2. The Morgan fingerprint density at radius 2 is 1.82 bits per heavy atom. The molecular weight excluding hydrogens is 432 g/mol. The fraction of sp³-hybridized carbons (Fsp3) is 0.407. The van der Waals surface area contributed by atoms with E-state index in [1.807, 2.05) is 30.3 Å². The molecule has 0 spiro atoms. The van der Waals surface area contributed by atoms with E-state index in [2.05, 4.69) is 35.0 Å². The molecule has 6 heteroatoms. The maximum atomic E-state index is 12.5. The summed E-state index contributed by atoms with van der Waals surface area (Å²) < 4.78 is 5.40. The number of nitrogens with zero attached hydrogens (tertiary/aromatic N) is 2. The molecule has 0 atom stereocenters. The highest BCUT2D eigenvalue weighted by Crippen LogP contribution is 2.44. The Bertz CT molecular complexity index is 1110. The van der Waals surface area contributed by atoms with Gasteiger partial charge in [-0.1, -0.05) is 50.5 Å². The molecule has 2 fully saturated rings. The molecule has 1 N–H and O–H groups in total. The van der Waals surface area contributed by atoms with Crippen LogP contribution in [0, 0.1) is 0 Å². The lowest BCUT2D eigenvalue weighted by molar-refractivity contribution is -0.113. The largest absolute Gasteiger partial charge is 0.508 e. The number of amides is 1. The Morgan fingerprint density at radius 1 is 1.06 bits per heavy atom. The highest BCUT2D eigenvalue weighted by molar-refractivity contribution is 8.18. The lowest BCUT2D eigenvalue weighted by Gasteiger charge is -2.34. The molecule has 172 valence electrons. The molecule has 3 aliphatic rings. The van der Waals surface area contributed by atoms with Gasteiger partial charge in [0.25, 0.3) is 5.91 Å². The zero-order valence-electron chi connectivity index (χ0n) is 19.0. The minimum atomic E-state index is -0.177. The number of rotatable bonds is 3. The number of carbonyl (C=O) groups excluding carboxylic acids is 1. The number of hydrogen-bond acceptors (Lipinski definition) is 5. The van der Waals surface area contributed by atoms with Crippen LogP contribution in [-0.4, -0.2) is 47.4 Å². The van der Waals surface area contributed by atoms with E-state index >= 15 is 0 Å². The number of amidine groups is 1. The minimum Gasteiger partial charge on any atom is -0.508 e. The first-order valence-corrected chi connectivity index (χ1v) is 12.6. The molecule has 0 unspecified atom stereocenters. The van der Waals surface area contributed by atoms with Gasteiger partial charge in [0.2, 0.25) is 0 Å². The SMILES string of the molecule is CC1(c2cc(-c3cccc(/C=C4\SC(N5CCOCC5)=NC4=O)c3)ccc2O)CCCCC1. The number of ether oxygens (including phenoxy) is 1. The van der Waals surface area contributed by atoms with Crippen LogP contribution in [0.4, 0.5) is 0 Å². The van der Waals surface area contributed by atoms with E-state index < -0.39 is 0 Å². The molecule has 5 rings (SSSR count). The number of carbonyl (C=O) groups is 1. The average Bonchev–Trinajstić information content (AvgIpc) is 3.20.